The smallest absolute Gasteiger partial charge is 0.254 e. The molecule has 2 aromatic heterocycles. The van der Waals surface area contributed by atoms with Crippen LogP contribution in [-0.2, 0) is 11.2 Å². The van der Waals surface area contributed by atoms with Crippen LogP contribution < -0.4 is 10.2 Å². The molecule has 0 bridgehead atoms. The van der Waals surface area contributed by atoms with Crippen LogP contribution in [0, 0.1) is 19.8 Å². The standard InChI is InChI=1S/C22H28N6O/c1-4-6-18-12-20(28-22(25-18)23-14-24-28)27-10-5-7-17(13-27)21(29)26-19-11-15(2)8-9-16(19)3/h8-9,11-12,14,17H,4-7,10,13H2,1-3H3,(H,26,29)/t17-/m1/s1. The number of carbonyl (C=O) groups excluding carboxylic acids is 1. The number of fused-ring (bicyclic) bond motifs is 1. The summed E-state index contributed by atoms with van der Waals surface area (Å²) in [4.78, 5) is 24.1. The van der Waals surface area contributed by atoms with E-state index in [0.717, 1.165) is 60.6 Å². The SMILES string of the molecule is CCCc1cc(N2CCC[C@@H](C(=O)Nc3cc(C)ccc3C)C2)n2ncnc2n1. The van der Waals surface area contributed by atoms with Crippen molar-refractivity contribution in [3.05, 3.63) is 47.4 Å². The summed E-state index contributed by atoms with van der Waals surface area (Å²) in [6, 6.07) is 8.24. The Hall–Kier alpha value is -2.96. The molecule has 3 aromatic rings. The first-order valence-electron chi connectivity index (χ1n) is 10.4. The van der Waals surface area contributed by atoms with E-state index in [-0.39, 0.29) is 11.8 Å². The summed E-state index contributed by atoms with van der Waals surface area (Å²) in [5.74, 6) is 1.61. The van der Waals surface area contributed by atoms with E-state index in [1.807, 2.05) is 26.0 Å². The molecule has 0 unspecified atom stereocenters. The van der Waals surface area contributed by atoms with Crippen molar-refractivity contribution in [3.8, 4) is 0 Å². The summed E-state index contributed by atoms with van der Waals surface area (Å²) >= 11 is 0. The van der Waals surface area contributed by atoms with Gasteiger partial charge >= 0.3 is 0 Å². The predicted molar refractivity (Wildman–Crippen MR) is 114 cm³/mol. The molecule has 1 atom stereocenters. The summed E-state index contributed by atoms with van der Waals surface area (Å²) in [6.07, 6.45) is 5.32. The zero-order chi connectivity index (χ0) is 20.4. The number of anilines is 2. The number of aryl methyl sites for hydroxylation is 3. The molecule has 1 aliphatic heterocycles. The molecular formula is C22H28N6O. The number of amides is 1. The van der Waals surface area contributed by atoms with Gasteiger partial charge in [-0.2, -0.15) is 14.6 Å². The first-order valence-corrected chi connectivity index (χ1v) is 10.4. The first kappa shape index (κ1) is 19.4. The number of nitrogens with zero attached hydrogens (tertiary/aromatic N) is 5. The van der Waals surface area contributed by atoms with Crippen LogP contribution in [0.1, 0.15) is 43.0 Å². The third-order valence-electron chi connectivity index (χ3n) is 5.56. The number of aromatic nitrogens is 4. The van der Waals surface area contributed by atoms with Gasteiger partial charge in [-0.25, -0.2) is 4.98 Å². The molecule has 1 aromatic carbocycles. The fourth-order valence-electron chi connectivity index (χ4n) is 3.96. The highest BCUT2D eigenvalue weighted by Gasteiger charge is 2.28. The second kappa shape index (κ2) is 8.19. The van der Waals surface area contributed by atoms with E-state index in [0.29, 0.717) is 12.3 Å². The van der Waals surface area contributed by atoms with Gasteiger partial charge in [0.15, 0.2) is 0 Å². The lowest BCUT2D eigenvalue weighted by Crippen LogP contribution is -2.41. The van der Waals surface area contributed by atoms with Crippen molar-refractivity contribution in [2.75, 3.05) is 23.3 Å². The van der Waals surface area contributed by atoms with Crippen molar-refractivity contribution in [3.63, 3.8) is 0 Å². The van der Waals surface area contributed by atoms with E-state index in [9.17, 15) is 4.79 Å². The Morgan fingerprint density at radius 3 is 2.97 bits per heavy atom. The number of piperidine rings is 1. The molecule has 7 heteroatoms. The van der Waals surface area contributed by atoms with Crippen LogP contribution in [0.3, 0.4) is 0 Å². The Bertz CT molecular complexity index is 1030. The van der Waals surface area contributed by atoms with Crippen LogP contribution in [0.25, 0.3) is 5.78 Å². The van der Waals surface area contributed by atoms with Crippen molar-refractivity contribution in [2.45, 2.75) is 46.5 Å². The topological polar surface area (TPSA) is 75.4 Å². The lowest BCUT2D eigenvalue weighted by Gasteiger charge is -2.33. The molecule has 152 valence electrons. The Balaban J connectivity index is 1.55. The fourth-order valence-corrected chi connectivity index (χ4v) is 3.96. The molecule has 0 spiro atoms. The fraction of sp³-hybridized carbons (Fsp3) is 0.455. The number of benzene rings is 1. The summed E-state index contributed by atoms with van der Waals surface area (Å²) in [5, 5.41) is 7.50. The highest BCUT2D eigenvalue weighted by atomic mass is 16.1. The molecule has 4 rings (SSSR count). The van der Waals surface area contributed by atoms with E-state index < -0.39 is 0 Å². The molecule has 29 heavy (non-hydrogen) atoms. The summed E-state index contributed by atoms with van der Waals surface area (Å²) in [5.41, 5.74) is 4.15. The molecule has 1 saturated heterocycles. The van der Waals surface area contributed by atoms with Crippen LogP contribution in [0.4, 0.5) is 11.5 Å². The highest BCUT2D eigenvalue weighted by molar-refractivity contribution is 5.93. The van der Waals surface area contributed by atoms with Gasteiger partial charge in [-0.1, -0.05) is 25.5 Å². The van der Waals surface area contributed by atoms with Crippen LogP contribution in [0.5, 0.6) is 0 Å². The summed E-state index contributed by atoms with van der Waals surface area (Å²) in [7, 11) is 0. The number of rotatable bonds is 5. The zero-order valence-corrected chi connectivity index (χ0v) is 17.4. The minimum Gasteiger partial charge on any atom is -0.356 e. The Labute approximate surface area is 171 Å². The zero-order valence-electron chi connectivity index (χ0n) is 17.4. The summed E-state index contributed by atoms with van der Waals surface area (Å²) < 4.78 is 1.78. The highest BCUT2D eigenvalue weighted by Crippen LogP contribution is 2.26. The Morgan fingerprint density at radius 2 is 2.14 bits per heavy atom. The van der Waals surface area contributed by atoms with Crippen molar-refractivity contribution >= 4 is 23.2 Å². The van der Waals surface area contributed by atoms with Gasteiger partial charge in [0.05, 0.1) is 5.92 Å². The van der Waals surface area contributed by atoms with Gasteiger partial charge in [0.25, 0.3) is 5.78 Å². The third kappa shape index (κ3) is 4.09. The minimum atomic E-state index is -0.0648. The monoisotopic (exact) mass is 392 g/mol. The van der Waals surface area contributed by atoms with E-state index in [4.69, 9.17) is 0 Å². The maximum Gasteiger partial charge on any atom is 0.254 e. The van der Waals surface area contributed by atoms with Gasteiger partial charge < -0.3 is 10.2 Å². The molecule has 7 nitrogen and oxygen atoms in total. The lowest BCUT2D eigenvalue weighted by atomic mass is 9.96. The first-order chi connectivity index (χ1) is 14.0. The predicted octanol–water partition coefficient (Wildman–Crippen LogP) is 3.55. The van der Waals surface area contributed by atoms with Crippen LogP contribution in [-0.4, -0.2) is 38.6 Å². The second-order valence-corrected chi connectivity index (χ2v) is 7.92. The van der Waals surface area contributed by atoms with Crippen LogP contribution in [0.15, 0.2) is 30.6 Å². The normalized spacial score (nSPS) is 16.9. The van der Waals surface area contributed by atoms with Crippen LogP contribution in [0.2, 0.25) is 0 Å². The molecule has 0 aliphatic carbocycles. The number of hydrogen-bond donors (Lipinski definition) is 1. The number of carbonyl (C=O) groups is 1. The van der Waals surface area contributed by atoms with Gasteiger partial charge in [-0.3, -0.25) is 4.79 Å². The maximum absolute atomic E-state index is 13.0. The van der Waals surface area contributed by atoms with Gasteiger partial charge in [0.1, 0.15) is 12.1 Å². The number of hydrogen-bond acceptors (Lipinski definition) is 5. The molecule has 3 heterocycles. The lowest BCUT2D eigenvalue weighted by molar-refractivity contribution is -0.120. The largest absolute Gasteiger partial charge is 0.356 e. The number of nitrogens with one attached hydrogen (secondary N) is 1. The second-order valence-electron chi connectivity index (χ2n) is 7.92. The van der Waals surface area contributed by atoms with Crippen molar-refractivity contribution in [1.82, 2.24) is 19.6 Å². The molecule has 0 radical (unpaired) electrons. The van der Waals surface area contributed by atoms with Gasteiger partial charge in [-0.15, -0.1) is 0 Å². The minimum absolute atomic E-state index is 0.0648. The van der Waals surface area contributed by atoms with Crippen LogP contribution >= 0.6 is 0 Å². The molecular weight excluding hydrogens is 364 g/mol. The molecule has 1 N–H and O–H groups in total. The molecule has 1 aliphatic rings. The van der Waals surface area contributed by atoms with Gasteiger partial charge in [0.2, 0.25) is 5.91 Å². The van der Waals surface area contributed by atoms with Crippen molar-refractivity contribution in [1.29, 1.82) is 0 Å². The molecule has 0 saturated carbocycles. The van der Waals surface area contributed by atoms with Crippen molar-refractivity contribution < 1.29 is 4.79 Å². The van der Waals surface area contributed by atoms with Gasteiger partial charge in [-0.05, 0) is 50.3 Å². The molecule has 1 fully saturated rings. The Morgan fingerprint density at radius 1 is 1.28 bits per heavy atom. The van der Waals surface area contributed by atoms with E-state index in [1.165, 1.54) is 6.33 Å². The van der Waals surface area contributed by atoms with E-state index >= 15 is 0 Å². The average molecular weight is 393 g/mol. The summed E-state index contributed by atoms with van der Waals surface area (Å²) in [6.45, 7) is 7.77. The van der Waals surface area contributed by atoms with Crippen molar-refractivity contribution in [2.24, 2.45) is 5.92 Å². The Kier molecular flexibility index (Phi) is 5.47. The maximum atomic E-state index is 13.0. The van der Waals surface area contributed by atoms with Gasteiger partial charge in [0, 0.05) is 30.5 Å². The molecule has 1 amide bonds. The third-order valence-corrected chi connectivity index (χ3v) is 5.56. The quantitative estimate of drug-likeness (QED) is 0.719. The van der Waals surface area contributed by atoms with E-state index in [1.54, 1.807) is 4.52 Å². The average Bonchev–Trinajstić information content (AvgIpc) is 3.19. The van der Waals surface area contributed by atoms with E-state index in [2.05, 4.69) is 44.3 Å².